The molecule has 8 heteroatoms. The van der Waals surface area contributed by atoms with Crippen molar-refractivity contribution in [1.82, 2.24) is 9.80 Å². The number of halogens is 3. The molecule has 5 nitrogen and oxygen atoms in total. The molecule has 0 bridgehead atoms. The molecule has 0 radical (unpaired) electrons. The summed E-state index contributed by atoms with van der Waals surface area (Å²) in [7, 11) is 0. The topological polar surface area (TPSA) is 49.9 Å². The highest BCUT2D eigenvalue weighted by Gasteiger charge is 2.51. The minimum atomic E-state index is -4.35. The van der Waals surface area contributed by atoms with E-state index in [1.54, 1.807) is 6.92 Å². The fourth-order valence-corrected chi connectivity index (χ4v) is 5.21. The van der Waals surface area contributed by atoms with Gasteiger partial charge in [0.2, 0.25) is 0 Å². The monoisotopic (exact) mass is 476 g/mol. The van der Waals surface area contributed by atoms with Gasteiger partial charge in [0.25, 0.3) is 5.91 Å². The van der Waals surface area contributed by atoms with Gasteiger partial charge < -0.3 is 14.5 Å². The Morgan fingerprint density at radius 1 is 1.09 bits per heavy atom. The van der Waals surface area contributed by atoms with Gasteiger partial charge in [-0.2, -0.15) is 13.2 Å². The van der Waals surface area contributed by atoms with E-state index in [1.807, 2.05) is 11.0 Å². The maximum Gasteiger partial charge on any atom is 0.416 e. The van der Waals surface area contributed by atoms with E-state index in [2.05, 4.69) is 11.8 Å². The van der Waals surface area contributed by atoms with Crippen LogP contribution in [0.5, 0.6) is 0 Å². The first-order valence-electron chi connectivity index (χ1n) is 12.0. The van der Waals surface area contributed by atoms with Crippen LogP contribution in [0, 0.1) is 0 Å². The minimum absolute atomic E-state index is 0.121. The number of ether oxygens (including phenoxy) is 1. The number of amides is 1. The van der Waals surface area contributed by atoms with Crippen LogP contribution in [0.2, 0.25) is 0 Å². The van der Waals surface area contributed by atoms with Gasteiger partial charge in [-0.3, -0.25) is 4.79 Å². The maximum atomic E-state index is 13.6. The van der Waals surface area contributed by atoms with E-state index in [0.29, 0.717) is 43.5 Å². The van der Waals surface area contributed by atoms with Gasteiger partial charge in [0.15, 0.2) is 0 Å². The number of esters is 1. The second kappa shape index (κ2) is 9.56. The number of alkyl halides is 3. The molecule has 1 aromatic carbocycles. The van der Waals surface area contributed by atoms with Crippen molar-refractivity contribution in [3.63, 3.8) is 0 Å². The molecule has 1 aromatic rings. The molecule has 2 fully saturated rings. The Morgan fingerprint density at radius 2 is 1.76 bits per heavy atom. The lowest BCUT2D eigenvalue weighted by Crippen LogP contribution is -2.49. The standard InChI is InChI=1S/C26H31F3N2O3/c1-3-30-15-11-25(12-16-30)22(18(2)24(33)34-25)23(32)31-13-4-5-19(10-14-31)17-20-6-8-21(9-7-20)26(27,28)29/h6-9,17H,3-5,10-16H2,1-2H3. The predicted molar refractivity (Wildman–Crippen MR) is 123 cm³/mol. The van der Waals surface area contributed by atoms with Crippen LogP contribution in [-0.2, 0) is 20.5 Å². The molecule has 3 heterocycles. The molecule has 3 aliphatic heterocycles. The fraction of sp³-hybridized carbons (Fsp3) is 0.538. The molecule has 3 aliphatic rings. The Hall–Kier alpha value is -2.61. The molecule has 1 amide bonds. The van der Waals surface area contributed by atoms with Crippen molar-refractivity contribution in [3.8, 4) is 0 Å². The SMILES string of the molecule is CCN1CCC2(CC1)OC(=O)C(C)=C2C(=O)N1CCCC(=Cc2ccc(C(F)(F)F)cc2)CC1. The molecule has 4 rings (SSSR count). The second-order valence-electron chi connectivity index (χ2n) is 9.39. The van der Waals surface area contributed by atoms with Crippen molar-refractivity contribution >= 4 is 18.0 Å². The van der Waals surface area contributed by atoms with E-state index >= 15 is 0 Å². The molecule has 0 atom stereocenters. The van der Waals surface area contributed by atoms with E-state index in [9.17, 15) is 22.8 Å². The van der Waals surface area contributed by atoms with E-state index in [4.69, 9.17) is 4.74 Å². The summed E-state index contributed by atoms with van der Waals surface area (Å²) in [5.74, 6) is -0.518. The summed E-state index contributed by atoms with van der Waals surface area (Å²) in [6.07, 6.45) is 0.992. The quantitative estimate of drug-likeness (QED) is 0.587. The summed E-state index contributed by atoms with van der Waals surface area (Å²) >= 11 is 0. The van der Waals surface area contributed by atoms with E-state index in [0.717, 1.165) is 55.7 Å². The normalized spacial score (nSPS) is 22.9. The largest absolute Gasteiger partial charge is 0.450 e. The third-order valence-corrected chi connectivity index (χ3v) is 7.27. The van der Waals surface area contributed by atoms with Gasteiger partial charge >= 0.3 is 12.1 Å². The van der Waals surface area contributed by atoms with Crippen molar-refractivity contribution in [2.75, 3.05) is 32.7 Å². The van der Waals surface area contributed by atoms with Crippen LogP contribution in [-0.4, -0.2) is 60.0 Å². The molecule has 0 N–H and O–H groups in total. The van der Waals surface area contributed by atoms with Crippen LogP contribution in [0.3, 0.4) is 0 Å². The number of carbonyl (C=O) groups is 2. The fourth-order valence-electron chi connectivity index (χ4n) is 5.21. The first-order chi connectivity index (χ1) is 16.1. The van der Waals surface area contributed by atoms with Crippen LogP contribution in [0.25, 0.3) is 6.08 Å². The number of carbonyl (C=O) groups excluding carboxylic acids is 2. The summed E-state index contributed by atoms with van der Waals surface area (Å²) in [6, 6.07) is 5.14. The van der Waals surface area contributed by atoms with Crippen molar-refractivity contribution in [2.45, 2.75) is 57.7 Å². The number of hydrogen-bond donors (Lipinski definition) is 0. The third kappa shape index (κ3) is 4.92. The highest BCUT2D eigenvalue weighted by atomic mass is 19.4. The first-order valence-corrected chi connectivity index (χ1v) is 12.0. The molecule has 0 aliphatic carbocycles. The van der Waals surface area contributed by atoms with Gasteiger partial charge in [-0.15, -0.1) is 0 Å². The number of nitrogens with zero attached hydrogens (tertiary/aromatic N) is 2. The highest BCUT2D eigenvalue weighted by molar-refractivity contribution is 6.07. The summed E-state index contributed by atoms with van der Waals surface area (Å²) in [6.45, 7) is 7.36. The Balaban J connectivity index is 1.47. The highest BCUT2D eigenvalue weighted by Crippen LogP contribution is 2.42. The van der Waals surface area contributed by atoms with Gasteiger partial charge in [-0.05, 0) is 50.4 Å². The van der Waals surface area contributed by atoms with E-state index < -0.39 is 23.3 Å². The Labute approximate surface area is 198 Å². The Bertz CT molecular complexity index is 1000. The van der Waals surface area contributed by atoms with Crippen LogP contribution < -0.4 is 0 Å². The van der Waals surface area contributed by atoms with Crippen LogP contribution >= 0.6 is 0 Å². The minimum Gasteiger partial charge on any atom is -0.450 e. The number of likely N-dealkylation sites (tertiary alicyclic amines) is 2. The number of benzene rings is 1. The van der Waals surface area contributed by atoms with Crippen molar-refractivity contribution in [1.29, 1.82) is 0 Å². The summed E-state index contributed by atoms with van der Waals surface area (Å²) in [4.78, 5) is 30.2. The summed E-state index contributed by atoms with van der Waals surface area (Å²) in [5, 5.41) is 0. The lowest BCUT2D eigenvalue weighted by Gasteiger charge is -2.40. The first kappa shape index (κ1) is 24.5. The molecular weight excluding hydrogens is 445 g/mol. The lowest BCUT2D eigenvalue weighted by molar-refractivity contribution is -0.151. The molecule has 1 spiro atoms. The smallest absolute Gasteiger partial charge is 0.416 e. The molecule has 0 aromatic heterocycles. The second-order valence-corrected chi connectivity index (χ2v) is 9.39. The lowest BCUT2D eigenvalue weighted by atomic mass is 9.82. The molecule has 184 valence electrons. The van der Waals surface area contributed by atoms with Crippen molar-refractivity contribution in [2.24, 2.45) is 0 Å². The van der Waals surface area contributed by atoms with Gasteiger partial charge in [0, 0.05) is 44.6 Å². The number of hydrogen-bond acceptors (Lipinski definition) is 4. The van der Waals surface area contributed by atoms with Crippen LogP contribution in [0.4, 0.5) is 13.2 Å². The average Bonchev–Trinajstić information content (AvgIpc) is 2.94. The van der Waals surface area contributed by atoms with Crippen molar-refractivity contribution < 1.29 is 27.5 Å². The molecule has 2 saturated heterocycles. The predicted octanol–water partition coefficient (Wildman–Crippen LogP) is 4.83. The average molecular weight is 477 g/mol. The number of piperidine rings is 1. The number of rotatable bonds is 3. The molecule has 0 saturated carbocycles. The van der Waals surface area contributed by atoms with Crippen LogP contribution in [0.1, 0.15) is 57.1 Å². The van der Waals surface area contributed by atoms with Gasteiger partial charge in [-0.25, -0.2) is 4.79 Å². The molecule has 0 unspecified atom stereocenters. The zero-order valence-corrected chi connectivity index (χ0v) is 19.7. The third-order valence-electron chi connectivity index (χ3n) is 7.27. The maximum absolute atomic E-state index is 13.6. The van der Waals surface area contributed by atoms with Gasteiger partial charge in [0.1, 0.15) is 5.60 Å². The van der Waals surface area contributed by atoms with Crippen molar-refractivity contribution in [3.05, 3.63) is 52.1 Å². The summed E-state index contributed by atoms with van der Waals surface area (Å²) in [5.41, 5.74) is 1.27. The van der Waals surface area contributed by atoms with E-state index in [1.165, 1.54) is 12.1 Å². The Kier molecular flexibility index (Phi) is 6.90. The van der Waals surface area contributed by atoms with Gasteiger partial charge in [0.05, 0.1) is 11.1 Å². The molecular formula is C26H31F3N2O3. The Morgan fingerprint density at radius 3 is 2.38 bits per heavy atom. The van der Waals surface area contributed by atoms with E-state index in [-0.39, 0.29) is 5.91 Å². The molecule has 34 heavy (non-hydrogen) atoms. The van der Waals surface area contributed by atoms with Crippen LogP contribution in [0.15, 0.2) is 41.0 Å². The summed E-state index contributed by atoms with van der Waals surface area (Å²) < 4.78 is 44.2. The zero-order valence-electron chi connectivity index (χ0n) is 19.7. The zero-order chi connectivity index (χ0) is 24.5. The van der Waals surface area contributed by atoms with Gasteiger partial charge in [-0.1, -0.05) is 30.7 Å².